The lowest BCUT2D eigenvalue weighted by Gasteiger charge is -2.21. The van der Waals surface area contributed by atoms with Gasteiger partial charge in [0, 0.05) is 18.9 Å². The first-order chi connectivity index (χ1) is 15.7. The number of aryl methyl sites for hydroxylation is 1. The molecule has 0 saturated carbocycles. The lowest BCUT2D eigenvalue weighted by atomic mass is 10.1. The van der Waals surface area contributed by atoms with Crippen LogP contribution in [0.5, 0.6) is 5.75 Å². The van der Waals surface area contributed by atoms with Crippen molar-refractivity contribution in [3.63, 3.8) is 0 Å². The number of anilines is 1. The van der Waals surface area contributed by atoms with Crippen molar-refractivity contribution >= 4 is 21.6 Å². The van der Waals surface area contributed by atoms with Gasteiger partial charge in [0.15, 0.2) is 11.4 Å². The Balaban J connectivity index is 1.59. The number of benzene rings is 1. The molecule has 0 spiro atoms. The molecular formula is C21H19FN4O6S. The van der Waals surface area contributed by atoms with Gasteiger partial charge in [-0.05, 0) is 18.2 Å². The molecule has 2 aliphatic heterocycles. The molecular weight excluding hydrogens is 455 g/mol. The molecule has 12 heteroatoms. The lowest BCUT2D eigenvalue weighted by Crippen LogP contribution is -2.45. The third-order valence-electron chi connectivity index (χ3n) is 5.12. The fraction of sp³-hybridized carbons (Fsp3) is 0.333. The average Bonchev–Trinajstić information content (AvgIpc) is 3.01. The molecule has 0 bridgehead atoms. The normalized spacial score (nSPS) is 20.0. The Morgan fingerprint density at radius 1 is 1.39 bits per heavy atom. The number of carbonyl (C=O) groups is 1. The second-order valence-electron chi connectivity index (χ2n) is 7.55. The Morgan fingerprint density at radius 2 is 2.15 bits per heavy atom. The van der Waals surface area contributed by atoms with Crippen molar-refractivity contribution in [1.82, 2.24) is 9.29 Å². The van der Waals surface area contributed by atoms with E-state index in [-0.39, 0.29) is 40.1 Å². The Bertz CT molecular complexity index is 1320. The number of carbonyl (C=O) groups excluding carboxylic acids is 1. The van der Waals surface area contributed by atoms with Gasteiger partial charge in [-0.1, -0.05) is 11.8 Å². The van der Waals surface area contributed by atoms with E-state index < -0.39 is 33.9 Å². The molecule has 2 aliphatic rings. The Morgan fingerprint density at radius 3 is 2.82 bits per heavy atom. The van der Waals surface area contributed by atoms with Gasteiger partial charge in [-0.15, -0.1) is 0 Å². The van der Waals surface area contributed by atoms with Crippen LogP contribution in [-0.2, 0) is 21.8 Å². The zero-order valence-electron chi connectivity index (χ0n) is 17.3. The maximum Gasteiger partial charge on any atom is 0.276 e. The first-order valence-corrected chi connectivity index (χ1v) is 11.3. The zero-order valence-corrected chi connectivity index (χ0v) is 18.1. The number of aliphatic hydroxyl groups is 1. The first-order valence-electron chi connectivity index (χ1n) is 9.82. The molecule has 3 N–H and O–H groups in total. The summed E-state index contributed by atoms with van der Waals surface area (Å²) in [7, 11) is -2.68. The number of rotatable bonds is 3. The molecule has 0 radical (unpaired) electrons. The summed E-state index contributed by atoms with van der Waals surface area (Å²) >= 11 is 0. The lowest BCUT2D eigenvalue weighted by molar-refractivity contribution is -0.00323. The van der Waals surface area contributed by atoms with Crippen molar-refractivity contribution in [3.8, 4) is 23.7 Å². The maximum absolute atomic E-state index is 13.6. The minimum Gasteiger partial charge on any atom is -0.488 e. The van der Waals surface area contributed by atoms with Crippen molar-refractivity contribution in [3.05, 3.63) is 41.5 Å². The maximum atomic E-state index is 13.6. The average molecular weight is 474 g/mol. The predicted molar refractivity (Wildman–Crippen MR) is 112 cm³/mol. The van der Waals surface area contributed by atoms with Crippen molar-refractivity contribution < 1.29 is 32.2 Å². The van der Waals surface area contributed by atoms with Crippen molar-refractivity contribution in [2.24, 2.45) is 13.0 Å². The van der Waals surface area contributed by atoms with Crippen LogP contribution in [0.25, 0.3) is 0 Å². The van der Waals surface area contributed by atoms with Crippen LogP contribution in [0.4, 0.5) is 10.1 Å². The number of sulfonamides is 1. The largest absolute Gasteiger partial charge is 0.488 e. The van der Waals surface area contributed by atoms with Crippen LogP contribution in [-0.4, -0.2) is 56.0 Å². The number of fused-ring (bicyclic) bond motifs is 1. The quantitative estimate of drug-likeness (QED) is 0.545. The van der Waals surface area contributed by atoms with Gasteiger partial charge in [-0.2, -0.15) is 5.26 Å². The molecule has 172 valence electrons. The van der Waals surface area contributed by atoms with E-state index >= 15 is 0 Å². The number of ether oxygens (including phenoxy) is 2. The summed E-state index contributed by atoms with van der Waals surface area (Å²) in [6.45, 7) is 0.644. The number of hydrogen-bond acceptors (Lipinski definition) is 7. The van der Waals surface area contributed by atoms with Gasteiger partial charge in [0.1, 0.15) is 29.5 Å². The molecule has 10 nitrogen and oxygen atoms in total. The predicted octanol–water partition coefficient (Wildman–Crippen LogP) is 0.338. The van der Waals surface area contributed by atoms with Crippen molar-refractivity contribution in [2.45, 2.75) is 17.0 Å². The van der Waals surface area contributed by atoms with E-state index in [0.29, 0.717) is 13.2 Å². The van der Waals surface area contributed by atoms with Gasteiger partial charge < -0.3 is 24.5 Å². The van der Waals surface area contributed by atoms with Gasteiger partial charge in [-0.25, -0.2) is 17.5 Å². The van der Waals surface area contributed by atoms with Gasteiger partial charge in [-0.3, -0.25) is 4.79 Å². The number of aliphatic hydroxyl groups excluding tert-OH is 1. The molecule has 1 fully saturated rings. The number of hydrogen-bond donors (Lipinski definition) is 3. The van der Waals surface area contributed by atoms with Crippen LogP contribution < -0.4 is 14.8 Å². The SMILES string of the molecule is Cn1cc2c(c1C(=O)Nc1ccc(F)c(C#N)c1)OC[C@H]([C@H](O)C#CC1COC1)NS2(=O)=O. The molecule has 1 saturated heterocycles. The van der Waals surface area contributed by atoms with Crippen LogP contribution in [0, 0.1) is 34.9 Å². The number of halogens is 1. The highest BCUT2D eigenvalue weighted by Gasteiger charge is 2.36. The second-order valence-corrected chi connectivity index (χ2v) is 9.23. The van der Waals surface area contributed by atoms with E-state index in [1.807, 2.05) is 0 Å². The second kappa shape index (κ2) is 8.84. The molecule has 0 unspecified atom stereocenters. The minimum absolute atomic E-state index is 0.00953. The first kappa shape index (κ1) is 22.8. The van der Waals surface area contributed by atoms with Crippen LogP contribution in [0.3, 0.4) is 0 Å². The van der Waals surface area contributed by atoms with Gasteiger partial charge in [0.2, 0.25) is 10.0 Å². The molecule has 2 atom stereocenters. The van der Waals surface area contributed by atoms with E-state index in [1.54, 1.807) is 6.07 Å². The third kappa shape index (κ3) is 4.55. The highest BCUT2D eigenvalue weighted by molar-refractivity contribution is 7.89. The summed E-state index contributed by atoms with van der Waals surface area (Å²) in [5.41, 5.74) is -0.218. The Kier molecular flexibility index (Phi) is 6.10. The van der Waals surface area contributed by atoms with Gasteiger partial charge in [0.25, 0.3) is 5.91 Å². The number of nitrogens with one attached hydrogen (secondary N) is 2. The van der Waals surface area contributed by atoms with Crippen LogP contribution in [0.2, 0.25) is 0 Å². The fourth-order valence-corrected chi connectivity index (χ4v) is 4.72. The van der Waals surface area contributed by atoms with Crippen LogP contribution >= 0.6 is 0 Å². The van der Waals surface area contributed by atoms with Crippen molar-refractivity contribution in [2.75, 3.05) is 25.1 Å². The van der Waals surface area contributed by atoms with E-state index in [2.05, 4.69) is 21.9 Å². The van der Waals surface area contributed by atoms with E-state index in [4.69, 9.17) is 14.7 Å². The summed E-state index contributed by atoms with van der Waals surface area (Å²) in [6.07, 6.45) is -0.122. The summed E-state index contributed by atoms with van der Waals surface area (Å²) < 4.78 is 53.6. The number of nitrogens with zero attached hydrogens (tertiary/aromatic N) is 2. The molecule has 2 aromatic rings. The summed E-state index contributed by atoms with van der Waals surface area (Å²) in [6, 6.07) is 4.08. The molecule has 4 rings (SSSR count). The fourth-order valence-electron chi connectivity index (χ4n) is 3.30. The van der Waals surface area contributed by atoms with Crippen molar-refractivity contribution in [1.29, 1.82) is 5.26 Å². The molecule has 0 aliphatic carbocycles. The molecule has 1 amide bonds. The number of amides is 1. The Labute approximate surface area is 189 Å². The highest BCUT2D eigenvalue weighted by Crippen LogP contribution is 2.33. The smallest absolute Gasteiger partial charge is 0.276 e. The third-order valence-corrected chi connectivity index (χ3v) is 6.60. The van der Waals surface area contributed by atoms with Crippen LogP contribution in [0.15, 0.2) is 29.3 Å². The summed E-state index contributed by atoms with van der Waals surface area (Å²) in [5, 5.41) is 21.8. The highest BCUT2D eigenvalue weighted by atomic mass is 32.2. The molecule has 1 aromatic heterocycles. The zero-order chi connectivity index (χ0) is 23.8. The Hall–Kier alpha value is -3.42. The molecule has 3 heterocycles. The van der Waals surface area contributed by atoms with Gasteiger partial charge >= 0.3 is 0 Å². The van der Waals surface area contributed by atoms with Crippen LogP contribution in [0.1, 0.15) is 16.1 Å². The summed E-state index contributed by atoms with van der Waals surface area (Å²) in [4.78, 5) is 12.6. The standard InChI is InChI=1S/C21H19FN4O6S/c1-26-8-18-20(19(26)21(28)24-14-3-4-15(22)13(6-14)7-23)32-11-16(25-33(18,29)30)17(27)5-2-12-9-31-10-12/h3-4,6,8,12,16-17,25,27H,9-11H2,1H3,(H,24,28)/t16-,17-/m1/s1. The molecule has 1 aromatic carbocycles. The molecule has 33 heavy (non-hydrogen) atoms. The van der Waals surface area contributed by atoms with E-state index in [0.717, 1.165) is 12.1 Å². The monoisotopic (exact) mass is 474 g/mol. The number of aromatic nitrogens is 1. The topological polar surface area (TPSA) is 143 Å². The minimum atomic E-state index is -4.15. The summed E-state index contributed by atoms with van der Waals surface area (Å²) in [5.74, 6) is 3.77. The number of nitriles is 1. The van der Waals surface area contributed by atoms with E-state index in [9.17, 15) is 22.7 Å². The van der Waals surface area contributed by atoms with E-state index in [1.165, 1.54) is 23.9 Å². The van der Waals surface area contributed by atoms with Gasteiger partial charge in [0.05, 0.1) is 30.7 Å².